The van der Waals surface area contributed by atoms with Crippen LogP contribution in [0, 0.1) is 0 Å². The summed E-state index contributed by atoms with van der Waals surface area (Å²) in [6.45, 7) is 2.78. The Morgan fingerprint density at radius 3 is 3.04 bits per heavy atom. The fourth-order valence-corrected chi connectivity index (χ4v) is 3.67. The van der Waals surface area contributed by atoms with Crippen LogP contribution in [0.15, 0.2) is 24.3 Å². The lowest BCUT2D eigenvalue weighted by Gasteiger charge is -2.17. The minimum Gasteiger partial charge on any atom is -0.351 e. The van der Waals surface area contributed by atoms with Gasteiger partial charge in [0.15, 0.2) is 5.69 Å². The number of carbonyl (C=O) groups excluding carboxylic acids is 2. The minimum atomic E-state index is -0.176. The highest BCUT2D eigenvalue weighted by Crippen LogP contribution is 2.28. The maximum atomic E-state index is 12.5. The minimum absolute atomic E-state index is 0.116. The highest BCUT2D eigenvalue weighted by atomic mass is 16.2. The summed E-state index contributed by atoms with van der Waals surface area (Å²) in [5, 5.41) is 13.2. The first kappa shape index (κ1) is 16.8. The predicted molar refractivity (Wildman–Crippen MR) is 98.1 cm³/mol. The SMILES string of the molecule is O=C(NCCCC(=O)N1CCc2ccccc21)c1n[nH]c2c1CNCC2. The van der Waals surface area contributed by atoms with Crippen molar-refractivity contribution in [2.75, 3.05) is 24.5 Å². The molecule has 2 aliphatic rings. The fraction of sp³-hybridized carbons (Fsp3) is 0.421. The van der Waals surface area contributed by atoms with Crippen LogP contribution in [0.25, 0.3) is 0 Å². The van der Waals surface area contributed by atoms with Gasteiger partial charge in [-0.15, -0.1) is 0 Å². The number of hydrogen-bond acceptors (Lipinski definition) is 4. The summed E-state index contributed by atoms with van der Waals surface area (Å²) in [6.07, 6.45) is 2.82. The first-order chi connectivity index (χ1) is 12.7. The monoisotopic (exact) mass is 353 g/mol. The van der Waals surface area contributed by atoms with Crippen LogP contribution < -0.4 is 15.5 Å². The van der Waals surface area contributed by atoms with Crippen molar-refractivity contribution in [2.45, 2.75) is 32.2 Å². The van der Waals surface area contributed by atoms with Gasteiger partial charge in [0.05, 0.1) is 0 Å². The molecule has 3 N–H and O–H groups in total. The van der Waals surface area contributed by atoms with Crippen LogP contribution in [0.1, 0.15) is 40.2 Å². The molecule has 0 fully saturated rings. The van der Waals surface area contributed by atoms with E-state index in [1.165, 1.54) is 5.56 Å². The number of aromatic nitrogens is 2. The van der Waals surface area contributed by atoms with E-state index < -0.39 is 0 Å². The van der Waals surface area contributed by atoms with E-state index in [-0.39, 0.29) is 11.8 Å². The number of nitrogens with one attached hydrogen (secondary N) is 3. The molecule has 0 aliphatic carbocycles. The lowest BCUT2D eigenvalue weighted by molar-refractivity contribution is -0.118. The first-order valence-corrected chi connectivity index (χ1v) is 9.17. The molecule has 0 radical (unpaired) electrons. The molecule has 0 bridgehead atoms. The fourth-order valence-electron chi connectivity index (χ4n) is 3.67. The zero-order valence-electron chi connectivity index (χ0n) is 14.7. The molecule has 3 heterocycles. The number of amides is 2. The molecule has 2 amide bonds. The number of H-pyrrole nitrogens is 1. The molecule has 0 unspecified atom stereocenters. The van der Waals surface area contributed by atoms with Gasteiger partial charge in [-0.1, -0.05) is 18.2 Å². The number of benzene rings is 1. The van der Waals surface area contributed by atoms with Gasteiger partial charge in [0.1, 0.15) is 0 Å². The molecular weight excluding hydrogens is 330 g/mol. The molecule has 0 spiro atoms. The third kappa shape index (κ3) is 3.22. The second kappa shape index (κ2) is 7.29. The molecule has 1 aromatic heterocycles. The van der Waals surface area contributed by atoms with E-state index in [1.54, 1.807) is 0 Å². The highest BCUT2D eigenvalue weighted by Gasteiger charge is 2.24. The van der Waals surface area contributed by atoms with Gasteiger partial charge in [-0.05, 0) is 24.5 Å². The molecule has 0 atom stereocenters. The normalized spacial score (nSPS) is 15.5. The summed E-state index contributed by atoms with van der Waals surface area (Å²) in [4.78, 5) is 26.6. The Labute approximate surface area is 152 Å². The highest BCUT2D eigenvalue weighted by molar-refractivity contribution is 5.96. The summed E-state index contributed by atoms with van der Waals surface area (Å²) in [5.41, 5.74) is 4.71. The summed E-state index contributed by atoms with van der Waals surface area (Å²) in [5.74, 6) is -0.0595. The number of nitrogens with zero attached hydrogens (tertiary/aromatic N) is 2. The number of hydrogen-bond donors (Lipinski definition) is 3. The van der Waals surface area contributed by atoms with Gasteiger partial charge in [0.25, 0.3) is 5.91 Å². The quantitative estimate of drug-likeness (QED) is 0.704. The van der Waals surface area contributed by atoms with Crippen molar-refractivity contribution in [3.05, 3.63) is 46.8 Å². The number of carbonyl (C=O) groups is 2. The van der Waals surface area contributed by atoms with Gasteiger partial charge in [0.2, 0.25) is 5.91 Å². The number of aromatic amines is 1. The Kier molecular flexibility index (Phi) is 4.71. The Balaban J connectivity index is 1.26. The number of para-hydroxylation sites is 1. The third-order valence-corrected chi connectivity index (χ3v) is 5.06. The van der Waals surface area contributed by atoms with Crippen molar-refractivity contribution < 1.29 is 9.59 Å². The van der Waals surface area contributed by atoms with Gasteiger partial charge in [-0.25, -0.2) is 0 Å². The second-order valence-corrected chi connectivity index (χ2v) is 6.74. The van der Waals surface area contributed by atoms with Crippen LogP contribution in [0.4, 0.5) is 5.69 Å². The average molecular weight is 353 g/mol. The zero-order chi connectivity index (χ0) is 17.9. The predicted octanol–water partition coefficient (Wildman–Crippen LogP) is 1.15. The van der Waals surface area contributed by atoms with Gasteiger partial charge in [-0.3, -0.25) is 14.7 Å². The lowest BCUT2D eigenvalue weighted by atomic mass is 10.1. The van der Waals surface area contributed by atoms with Crippen molar-refractivity contribution in [3.8, 4) is 0 Å². The Morgan fingerprint density at radius 1 is 1.23 bits per heavy atom. The number of rotatable bonds is 5. The van der Waals surface area contributed by atoms with E-state index in [2.05, 4.69) is 26.9 Å². The summed E-state index contributed by atoms with van der Waals surface area (Å²) in [7, 11) is 0. The smallest absolute Gasteiger partial charge is 0.272 e. The lowest BCUT2D eigenvalue weighted by Crippen LogP contribution is -2.31. The van der Waals surface area contributed by atoms with Gasteiger partial charge in [0, 0.05) is 56.0 Å². The molecular formula is C19H23N5O2. The zero-order valence-corrected chi connectivity index (χ0v) is 14.7. The molecule has 136 valence electrons. The van der Waals surface area contributed by atoms with E-state index >= 15 is 0 Å². The molecule has 4 rings (SSSR count). The summed E-state index contributed by atoms with van der Waals surface area (Å²) >= 11 is 0. The van der Waals surface area contributed by atoms with Crippen LogP contribution in [-0.2, 0) is 24.2 Å². The van der Waals surface area contributed by atoms with Crippen molar-refractivity contribution in [3.63, 3.8) is 0 Å². The first-order valence-electron chi connectivity index (χ1n) is 9.17. The maximum absolute atomic E-state index is 12.5. The Morgan fingerprint density at radius 2 is 2.12 bits per heavy atom. The number of fused-ring (bicyclic) bond motifs is 2. The van der Waals surface area contributed by atoms with Crippen LogP contribution >= 0.6 is 0 Å². The van der Waals surface area contributed by atoms with Crippen LogP contribution in [0.3, 0.4) is 0 Å². The van der Waals surface area contributed by atoms with Gasteiger partial charge >= 0.3 is 0 Å². The molecule has 26 heavy (non-hydrogen) atoms. The van der Waals surface area contributed by atoms with Gasteiger partial charge < -0.3 is 15.5 Å². The summed E-state index contributed by atoms with van der Waals surface area (Å²) in [6, 6.07) is 8.04. The molecule has 1 aromatic carbocycles. The molecule has 2 aromatic rings. The van der Waals surface area contributed by atoms with Crippen LogP contribution in [0.2, 0.25) is 0 Å². The average Bonchev–Trinajstić information content (AvgIpc) is 3.29. The van der Waals surface area contributed by atoms with Gasteiger partial charge in [-0.2, -0.15) is 5.10 Å². The summed E-state index contributed by atoms with van der Waals surface area (Å²) < 4.78 is 0. The van der Waals surface area contributed by atoms with E-state index in [4.69, 9.17) is 0 Å². The van der Waals surface area contributed by atoms with E-state index in [0.717, 1.165) is 42.9 Å². The van der Waals surface area contributed by atoms with Crippen molar-refractivity contribution >= 4 is 17.5 Å². The molecule has 2 aliphatic heterocycles. The van der Waals surface area contributed by atoms with E-state index in [1.807, 2.05) is 23.1 Å². The molecule has 0 saturated heterocycles. The Bertz CT molecular complexity index is 829. The van der Waals surface area contributed by atoms with Crippen LogP contribution in [-0.4, -0.2) is 41.6 Å². The maximum Gasteiger partial charge on any atom is 0.272 e. The van der Waals surface area contributed by atoms with Crippen molar-refractivity contribution in [1.29, 1.82) is 0 Å². The second-order valence-electron chi connectivity index (χ2n) is 6.74. The molecule has 7 heteroatoms. The topological polar surface area (TPSA) is 90.1 Å². The van der Waals surface area contributed by atoms with Crippen molar-refractivity contribution in [1.82, 2.24) is 20.8 Å². The molecule has 0 saturated carbocycles. The Hall–Kier alpha value is -2.67. The van der Waals surface area contributed by atoms with Crippen LogP contribution in [0.5, 0.6) is 0 Å². The van der Waals surface area contributed by atoms with Crippen molar-refractivity contribution in [2.24, 2.45) is 0 Å². The van der Waals surface area contributed by atoms with E-state index in [0.29, 0.717) is 31.6 Å². The molecule has 7 nitrogen and oxygen atoms in total. The largest absolute Gasteiger partial charge is 0.351 e. The standard InChI is InChI=1S/C19H23N5O2/c25-17(24-11-8-13-4-1-2-5-16(13)24)6-3-9-21-19(26)18-14-12-20-10-7-15(14)22-23-18/h1-2,4-5,20H,3,6-12H2,(H,21,26)(H,22,23). The number of anilines is 1. The van der Waals surface area contributed by atoms with E-state index in [9.17, 15) is 9.59 Å². The third-order valence-electron chi connectivity index (χ3n) is 5.06.